The minimum atomic E-state index is -0.623. The first-order valence-electron chi connectivity index (χ1n) is 6.20. The summed E-state index contributed by atoms with van der Waals surface area (Å²) in [4.78, 5) is 11.5. The number of carbonyl (C=O) groups is 1. The standard InChI is InChI=1S/C12H15ClN2O2.C2H6/c1-3-9-5-7-15(8-6-14)11(9)10(4-2)12(16)17-13;1-2/h3-5,7H,2,6,8,14H2,1H3;1-2H3/b9-3-,11-10-;. The van der Waals surface area contributed by atoms with Gasteiger partial charge in [0.1, 0.15) is 11.9 Å². The smallest absolute Gasteiger partial charge is 0.346 e. The Morgan fingerprint density at radius 3 is 2.63 bits per heavy atom. The summed E-state index contributed by atoms with van der Waals surface area (Å²) in [5.41, 5.74) is 5.85. The van der Waals surface area contributed by atoms with Gasteiger partial charge in [0.25, 0.3) is 0 Å². The first kappa shape index (κ1) is 17.5. The van der Waals surface area contributed by atoms with Crippen LogP contribution in [0.4, 0.5) is 0 Å². The van der Waals surface area contributed by atoms with E-state index in [-0.39, 0.29) is 0 Å². The summed E-state index contributed by atoms with van der Waals surface area (Å²) in [6, 6.07) is 1.90. The SMILES string of the molecule is C=C/C(C(=O)OCl)=c1\c(=C/C)ccn1CCN.CC. The largest absolute Gasteiger partial charge is 0.358 e. The quantitative estimate of drug-likeness (QED) is 0.907. The van der Waals surface area contributed by atoms with Crippen LogP contribution in [0.2, 0.25) is 0 Å². The molecule has 4 nitrogen and oxygen atoms in total. The maximum atomic E-state index is 11.5. The highest BCUT2D eigenvalue weighted by atomic mass is 35.5. The number of hydrogen-bond acceptors (Lipinski definition) is 3. The number of aromatic nitrogens is 1. The molecule has 1 rings (SSSR count). The summed E-state index contributed by atoms with van der Waals surface area (Å²) in [5, 5.41) is 1.63. The number of rotatable bonds is 4. The Morgan fingerprint density at radius 1 is 1.58 bits per heavy atom. The second kappa shape index (κ2) is 9.42. The highest BCUT2D eigenvalue weighted by Gasteiger charge is 2.11. The molecular formula is C14H21ClN2O2. The first-order chi connectivity index (χ1) is 9.19. The number of nitrogens with two attached hydrogens (primary N) is 1. The van der Waals surface area contributed by atoms with Crippen molar-refractivity contribution in [2.75, 3.05) is 6.54 Å². The van der Waals surface area contributed by atoms with Gasteiger partial charge < -0.3 is 14.6 Å². The molecule has 19 heavy (non-hydrogen) atoms. The second-order valence-corrected chi connectivity index (χ2v) is 3.53. The third-order valence-corrected chi connectivity index (χ3v) is 2.57. The molecule has 1 aromatic rings. The zero-order valence-corrected chi connectivity index (χ0v) is 12.4. The third kappa shape index (κ3) is 4.26. The molecule has 0 spiro atoms. The maximum absolute atomic E-state index is 11.5. The summed E-state index contributed by atoms with van der Waals surface area (Å²) < 4.78 is 6.10. The zero-order valence-electron chi connectivity index (χ0n) is 11.6. The Morgan fingerprint density at radius 2 is 2.21 bits per heavy atom. The van der Waals surface area contributed by atoms with Gasteiger partial charge in [-0.1, -0.05) is 32.6 Å². The molecule has 1 heterocycles. The monoisotopic (exact) mass is 284 g/mol. The van der Waals surface area contributed by atoms with Crippen LogP contribution in [-0.4, -0.2) is 17.1 Å². The van der Waals surface area contributed by atoms with Gasteiger partial charge in [0.15, 0.2) is 0 Å². The lowest BCUT2D eigenvalue weighted by Crippen LogP contribution is -2.34. The molecule has 0 radical (unpaired) electrons. The van der Waals surface area contributed by atoms with Gasteiger partial charge in [-0.25, -0.2) is 4.79 Å². The summed E-state index contributed by atoms with van der Waals surface area (Å²) in [6.45, 7) is 10.6. The van der Waals surface area contributed by atoms with Gasteiger partial charge in [-0.2, -0.15) is 0 Å². The van der Waals surface area contributed by atoms with E-state index in [2.05, 4.69) is 10.9 Å². The van der Waals surface area contributed by atoms with Crippen molar-refractivity contribution >= 4 is 29.5 Å². The fraction of sp³-hybridized carbons (Fsp3) is 0.357. The van der Waals surface area contributed by atoms with Crippen molar-refractivity contribution in [3.8, 4) is 0 Å². The van der Waals surface area contributed by atoms with Gasteiger partial charge in [0.2, 0.25) is 0 Å². The van der Waals surface area contributed by atoms with Crippen molar-refractivity contribution in [2.45, 2.75) is 27.3 Å². The molecule has 2 N–H and O–H groups in total. The lowest BCUT2D eigenvalue weighted by Gasteiger charge is -2.03. The average molecular weight is 285 g/mol. The lowest BCUT2D eigenvalue weighted by atomic mass is 10.2. The van der Waals surface area contributed by atoms with Crippen molar-refractivity contribution in [1.29, 1.82) is 0 Å². The van der Waals surface area contributed by atoms with Crippen molar-refractivity contribution in [2.24, 2.45) is 5.73 Å². The maximum Gasteiger partial charge on any atom is 0.358 e. The van der Waals surface area contributed by atoms with Gasteiger partial charge in [-0.3, -0.25) is 0 Å². The minimum absolute atomic E-state index is 0.326. The summed E-state index contributed by atoms with van der Waals surface area (Å²) >= 11 is 5.11. The molecule has 0 aliphatic heterocycles. The minimum Gasteiger partial charge on any atom is -0.346 e. The van der Waals surface area contributed by atoms with E-state index < -0.39 is 5.97 Å². The molecule has 0 fully saturated rings. The highest BCUT2D eigenvalue weighted by Crippen LogP contribution is 1.99. The van der Waals surface area contributed by atoms with Crippen molar-refractivity contribution < 1.29 is 9.08 Å². The molecule has 0 amide bonds. The van der Waals surface area contributed by atoms with Crippen LogP contribution < -0.4 is 16.3 Å². The summed E-state index contributed by atoms with van der Waals surface area (Å²) in [6.07, 6.45) is 5.19. The molecule has 0 saturated carbocycles. The van der Waals surface area contributed by atoms with Gasteiger partial charge in [0.05, 0.1) is 10.9 Å². The van der Waals surface area contributed by atoms with E-state index in [0.717, 1.165) is 10.6 Å². The van der Waals surface area contributed by atoms with Crippen LogP contribution in [0.25, 0.3) is 11.6 Å². The molecule has 0 saturated heterocycles. The Balaban J connectivity index is 0.00000154. The van der Waals surface area contributed by atoms with E-state index in [0.29, 0.717) is 18.7 Å². The molecule has 106 valence electrons. The van der Waals surface area contributed by atoms with Crippen LogP contribution in [-0.2, 0) is 15.6 Å². The Hall–Kier alpha value is -1.52. The zero-order chi connectivity index (χ0) is 14.8. The molecule has 0 aliphatic rings. The first-order valence-corrected chi connectivity index (χ1v) is 6.51. The van der Waals surface area contributed by atoms with Gasteiger partial charge in [-0.15, -0.1) is 0 Å². The van der Waals surface area contributed by atoms with E-state index in [1.54, 1.807) is 0 Å². The lowest BCUT2D eigenvalue weighted by molar-refractivity contribution is -0.127. The number of carbonyl (C=O) groups excluding carboxylic acids is 1. The normalized spacial score (nSPS) is 12.4. The van der Waals surface area contributed by atoms with E-state index in [9.17, 15) is 4.79 Å². The van der Waals surface area contributed by atoms with Gasteiger partial charge >= 0.3 is 5.97 Å². The molecular weight excluding hydrogens is 264 g/mol. The Bertz CT molecular complexity index is 532. The molecule has 1 aromatic heterocycles. The molecule has 0 atom stereocenters. The number of nitrogens with zero attached hydrogens (tertiary/aromatic N) is 1. The molecule has 0 aromatic carbocycles. The van der Waals surface area contributed by atoms with E-state index in [1.807, 2.05) is 43.7 Å². The fourth-order valence-electron chi connectivity index (χ4n) is 1.68. The topological polar surface area (TPSA) is 57.2 Å². The van der Waals surface area contributed by atoms with Crippen molar-refractivity contribution in [3.63, 3.8) is 0 Å². The number of halogens is 1. The predicted octanol–water partition coefficient (Wildman–Crippen LogP) is 1.31. The van der Waals surface area contributed by atoms with E-state index in [1.165, 1.54) is 6.08 Å². The van der Waals surface area contributed by atoms with E-state index >= 15 is 0 Å². The predicted molar refractivity (Wildman–Crippen MR) is 79.8 cm³/mol. The summed E-state index contributed by atoms with van der Waals surface area (Å²) in [5.74, 6) is -0.623. The Labute approximate surface area is 119 Å². The van der Waals surface area contributed by atoms with Crippen LogP contribution >= 0.6 is 11.9 Å². The summed E-state index contributed by atoms with van der Waals surface area (Å²) in [7, 11) is 0. The van der Waals surface area contributed by atoms with E-state index in [4.69, 9.17) is 17.6 Å². The molecule has 5 heteroatoms. The van der Waals surface area contributed by atoms with Crippen molar-refractivity contribution in [1.82, 2.24) is 4.57 Å². The van der Waals surface area contributed by atoms with Crippen LogP contribution in [0, 0.1) is 0 Å². The van der Waals surface area contributed by atoms with Crippen LogP contribution in [0.3, 0.4) is 0 Å². The van der Waals surface area contributed by atoms with Crippen LogP contribution in [0.1, 0.15) is 20.8 Å². The Kier molecular flexibility index (Phi) is 8.66. The number of hydrogen-bond donors (Lipinski definition) is 1. The molecule has 0 bridgehead atoms. The van der Waals surface area contributed by atoms with Crippen molar-refractivity contribution in [3.05, 3.63) is 35.5 Å². The molecule has 0 unspecified atom stereocenters. The van der Waals surface area contributed by atoms with Crippen LogP contribution in [0.15, 0.2) is 24.9 Å². The van der Waals surface area contributed by atoms with Gasteiger partial charge in [-0.05, 0) is 18.2 Å². The molecule has 0 aliphatic carbocycles. The highest BCUT2D eigenvalue weighted by molar-refractivity contribution is 6.23. The van der Waals surface area contributed by atoms with Crippen LogP contribution in [0.5, 0.6) is 0 Å². The third-order valence-electron chi connectivity index (χ3n) is 2.42. The average Bonchev–Trinajstić information content (AvgIpc) is 2.85. The second-order valence-electron chi connectivity index (χ2n) is 3.37. The van der Waals surface area contributed by atoms with Gasteiger partial charge in [0, 0.05) is 19.3 Å². The fourth-order valence-corrected chi connectivity index (χ4v) is 1.76.